The molecule has 0 saturated carbocycles. The highest BCUT2D eigenvalue weighted by atomic mass is 16.2. The van der Waals surface area contributed by atoms with Gasteiger partial charge in [0.15, 0.2) is 0 Å². The molecule has 1 heterocycles. The Morgan fingerprint density at radius 1 is 1.33 bits per heavy atom. The van der Waals surface area contributed by atoms with Crippen LogP contribution >= 0.6 is 0 Å². The molecule has 1 atom stereocenters. The fraction of sp³-hybridized carbons (Fsp3) is 0.611. The molecule has 3 heteroatoms. The van der Waals surface area contributed by atoms with Crippen molar-refractivity contribution in [3.05, 3.63) is 35.4 Å². The predicted molar refractivity (Wildman–Crippen MR) is 87.5 cm³/mol. The topological polar surface area (TPSA) is 32.3 Å². The second-order valence-electron chi connectivity index (χ2n) is 6.36. The lowest BCUT2D eigenvalue weighted by molar-refractivity contribution is -0.132. The number of likely N-dealkylation sites (tertiary alicyclic amines) is 1. The molecule has 1 aliphatic rings. The van der Waals surface area contributed by atoms with Gasteiger partial charge in [0.1, 0.15) is 0 Å². The summed E-state index contributed by atoms with van der Waals surface area (Å²) in [6.45, 7) is 6.19. The zero-order chi connectivity index (χ0) is 15.2. The van der Waals surface area contributed by atoms with Gasteiger partial charge in [-0.25, -0.2) is 0 Å². The van der Waals surface area contributed by atoms with Crippen molar-refractivity contribution in [2.24, 2.45) is 0 Å². The Hall–Kier alpha value is -1.35. The van der Waals surface area contributed by atoms with Gasteiger partial charge < -0.3 is 10.2 Å². The Morgan fingerprint density at radius 2 is 2.05 bits per heavy atom. The summed E-state index contributed by atoms with van der Waals surface area (Å²) in [6, 6.07) is 9.16. The molecule has 1 aliphatic heterocycles. The highest BCUT2D eigenvalue weighted by Gasteiger charge is 2.22. The van der Waals surface area contributed by atoms with E-state index in [9.17, 15) is 4.79 Å². The van der Waals surface area contributed by atoms with E-state index >= 15 is 0 Å². The third kappa shape index (κ3) is 4.57. The molecular formula is C18H28N2O. The van der Waals surface area contributed by atoms with E-state index in [1.54, 1.807) is 0 Å². The van der Waals surface area contributed by atoms with Gasteiger partial charge in [-0.2, -0.15) is 0 Å². The zero-order valence-corrected chi connectivity index (χ0v) is 13.6. The lowest BCUT2D eigenvalue weighted by Gasteiger charge is -2.32. The van der Waals surface area contributed by atoms with Crippen LogP contribution in [0, 0.1) is 0 Å². The van der Waals surface area contributed by atoms with Gasteiger partial charge in [0.05, 0.1) is 0 Å². The van der Waals surface area contributed by atoms with Gasteiger partial charge in [-0.15, -0.1) is 0 Å². The summed E-state index contributed by atoms with van der Waals surface area (Å²) in [6.07, 6.45) is 3.76. The molecule has 1 fully saturated rings. The number of amides is 1. The van der Waals surface area contributed by atoms with Crippen LogP contribution in [0.2, 0.25) is 0 Å². The number of aryl methyl sites for hydroxylation is 1. The highest BCUT2D eigenvalue weighted by molar-refractivity contribution is 5.76. The molecule has 0 aliphatic carbocycles. The molecule has 116 valence electrons. The first-order valence-electron chi connectivity index (χ1n) is 8.14. The van der Waals surface area contributed by atoms with Crippen molar-refractivity contribution in [3.8, 4) is 0 Å². The van der Waals surface area contributed by atoms with E-state index < -0.39 is 0 Å². The lowest BCUT2D eigenvalue weighted by atomic mass is 10.00. The second kappa shape index (κ2) is 7.60. The Morgan fingerprint density at radius 3 is 2.67 bits per heavy atom. The van der Waals surface area contributed by atoms with E-state index in [0.29, 0.717) is 24.3 Å². The smallest absolute Gasteiger partial charge is 0.222 e. The molecule has 0 radical (unpaired) electrons. The zero-order valence-electron chi connectivity index (χ0n) is 13.6. The van der Waals surface area contributed by atoms with Gasteiger partial charge in [-0.05, 0) is 43.4 Å². The number of nitrogens with one attached hydrogen (secondary N) is 1. The molecule has 0 spiro atoms. The van der Waals surface area contributed by atoms with E-state index in [0.717, 1.165) is 25.9 Å². The maximum absolute atomic E-state index is 12.3. The molecule has 1 aromatic carbocycles. The molecule has 3 nitrogen and oxygen atoms in total. The van der Waals surface area contributed by atoms with Crippen LogP contribution in [0.25, 0.3) is 0 Å². The Bertz CT molecular complexity index is 453. The van der Waals surface area contributed by atoms with Crippen molar-refractivity contribution in [1.29, 1.82) is 0 Å². The third-order valence-electron chi connectivity index (χ3n) is 4.46. The van der Waals surface area contributed by atoms with Crippen molar-refractivity contribution in [2.45, 2.75) is 51.5 Å². The molecule has 0 bridgehead atoms. The molecule has 1 N–H and O–H groups in total. The fourth-order valence-corrected chi connectivity index (χ4v) is 2.92. The number of nitrogens with zero attached hydrogens (tertiary/aromatic N) is 1. The molecule has 1 amide bonds. The molecule has 1 unspecified atom stereocenters. The Kier molecular flexibility index (Phi) is 5.80. The molecule has 1 aromatic rings. The number of hydrogen-bond acceptors (Lipinski definition) is 2. The van der Waals surface area contributed by atoms with Crippen molar-refractivity contribution in [2.75, 3.05) is 20.1 Å². The van der Waals surface area contributed by atoms with Crippen LogP contribution in [0.4, 0.5) is 0 Å². The van der Waals surface area contributed by atoms with Gasteiger partial charge >= 0.3 is 0 Å². The van der Waals surface area contributed by atoms with E-state index in [1.807, 2.05) is 11.9 Å². The molecular weight excluding hydrogens is 260 g/mol. The van der Waals surface area contributed by atoms with Gasteiger partial charge in [0, 0.05) is 25.6 Å². The van der Waals surface area contributed by atoms with Gasteiger partial charge in [-0.1, -0.05) is 38.1 Å². The molecule has 0 aromatic heterocycles. The van der Waals surface area contributed by atoms with Crippen molar-refractivity contribution in [1.82, 2.24) is 10.2 Å². The monoisotopic (exact) mass is 288 g/mol. The van der Waals surface area contributed by atoms with E-state index in [4.69, 9.17) is 0 Å². The second-order valence-corrected chi connectivity index (χ2v) is 6.36. The van der Waals surface area contributed by atoms with Crippen molar-refractivity contribution >= 4 is 5.91 Å². The maximum Gasteiger partial charge on any atom is 0.222 e. The first-order valence-corrected chi connectivity index (χ1v) is 8.14. The van der Waals surface area contributed by atoms with E-state index in [1.165, 1.54) is 17.5 Å². The minimum absolute atomic E-state index is 0.294. The maximum atomic E-state index is 12.3. The standard InChI is InChI=1S/C18H28N2O/c1-14(2)16-9-6-15(7-10-16)8-11-18(21)20-12-4-5-17(13-20)19-3/h6-7,9-10,14,17,19H,4-5,8,11-13H2,1-3H3. The van der Waals surface area contributed by atoms with Gasteiger partial charge in [0.2, 0.25) is 5.91 Å². The summed E-state index contributed by atoms with van der Waals surface area (Å²) < 4.78 is 0. The molecule has 21 heavy (non-hydrogen) atoms. The summed E-state index contributed by atoms with van der Waals surface area (Å²) in [7, 11) is 1.98. The first-order chi connectivity index (χ1) is 10.1. The van der Waals surface area contributed by atoms with Crippen LogP contribution in [0.15, 0.2) is 24.3 Å². The number of hydrogen-bond donors (Lipinski definition) is 1. The molecule has 1 saturated heterocycles. The van der Waals surface area contributed by atoms with Crippen LogP contribution in [0.1, 0.15) is 50.2 Å². The summed E-state index contributed by atoms with van der Waals surface area (Å²) in [4.78, 5) is 14.3. The summed E-state index contributed by atoms with van der Waals surface area (Å²) in [5.41, 5.74) is 2.62. The summed E-state index contributed by atoms with van der Waals surface area (Å²) in [5.74, 6) is 0.857. The average molecular weight is 288 g/mol. The number of piperidine rings is 1. The predicted octanol–water partition coefficient (Wildman–Crippen LogP) is 2.95. The Labute approximate surface area is 128 Å². The lowest BCUT2D eigenvalue weighted by Crippen LogP contribution is -2.47. The number of benzene rings is 1. The van der Waals surface area contributed by atoms with Crippen molar-refractivity contribution in [3.63, 3.8) is 0 Å². The van der Waals surface area contributed by atoms with E-state index in [-0.39, 0.29) is 0 Å². The van der Waals surface area contributed by atoms with Gasteiger partial charge in [0.25, 0.3) is 0 Å². The van der Waals surface area contributed by atoms with E-state index in [2.05, 4.69) is 43.4 Å². The molecule has 2 rings (SSSR count). The van der Waals surface area contributed by atoms with Crippen molar-refractivity contribution < 1.29 is 4.79 Å². The van der Waals surface area contributed by atoms with Crippen LogP contribution in [0.3, 0.4) is 0 Å². The number of carbonyl (C=O) groups excluding carboxylic acids is 1. The third-order valence-corrected chi connectivity index (χ3v) is 4.46. The number of carbonyl (C=O) groups is 1. The minimum Gasteiger partial charge on any atom is -0.341 e. The largest absolute Gasteiger partial charge is 0.341 e. The Balaban J connectivity index is 1.83. The number of likely N-dealkylation sites (N-methyl/N-ethyl adjacent to an activating group) is 1. The van der Waals surface area contributed by atoms with Crippen LogP contribution in [-0.4, -0.2) is 37.0 Å². The van der Waals surface area contributed by atoms with Gasteiger partial charge in [-0.3, -0.25) is 4.79 Å². The highest BCUT2D eigenvalue weighted by Crippen LogP contribution is 2.16. The summed E-state index contributed by atoms with van der Waals surface area (Å²) >= 11 is 0. The quantitative estimate of drug-likeness (QED) is 0.903. The normalized spacial score (nSPS) is 19.0. The average Bonchev–Trinajstić information content (AvgIpc) is 2.53. The SMILES string of the molecule is CNC1CCCN(C(=O)CCc2ccc(C(C)C)cc2)C1. The number of rotatable bonds is 5. The van der Waals surface area contributed by atoms with Crippen LogP contribution in [-0.2, 0) is 11.2 Å². The fourth-order valence-electron chi connectivity index (χ4n) is 2.92. The first kappa shape index (κ1) is 16.0. The summed E-state index contributed by atoms with van der Waals surface area (Å²) in [5, 5.41) is 3.29. The minimum atomic E-state index is 0.294. The van der Waals surface area contributed by atoms with Crippen LogP contribution in [0.5, 0.6) is 0 Å². The van der Waals surface area contributed by atoms with Crippen LogP contribution < -0.4 is 5.32 Å².